The molecule has 3 nitrogen and oxygen atoms in total. The molecule has 1 aromatic heterocycles. The second kappa shape index (κ2) is 4.16. The lowest BCUT2D eigenvalue weighted by Gasteiger charge is -2.12. The number of nitrogens with zero attached hydrogens (tertiary/aromatic N) is 3. The summed E-state index contributed by atoms with van der Waals surface area (Å²) in [6, 6.07) is 1.21. The molecule has 0 radical (unpaired) electrons. The fourth-order valence-corrected chi connectivity index (χ4v) is 1.29. The van der Waals surface area contributed by atoms with Crippen molar-refractivity contribution in [2.24, 2.45) is 5.92 Å². The van der Waals surface area contributed by atoms with Crippen molar-refractivity contribution in [3.8, 4) is 6.07 Å². The maximum absolute atomic E-state index is 12.1. The largest absolute Gasteiger partial charge is 0.406 e. The van der Waals surface area contributed by atoms with Gasteiger partial charge in [-0.25, -0.2) is 0 Å². The van der Waals surface area contributed by atoms with Crippen molar-refractivity contribution < 1.29 is 13.2 Å². The van der Waals surface area contributed by atoms with E-state index in [0.717, 1.165) is 8.25 Å². The van der Waals surface area contributed by atoms with Crippen molar-refractivity contribution in [1.82, 2.24) is 9.78 Å². The number of aromatic nitrogens is 2. The van der Waals surface area contributed by atoms with Gasteiger partial charge in [-0.3, -0.25) is 4.68 Å². The van der Waals surface area contributed by atoms with Crippen LogP contribution in [-0.2, 0) is 6.54 Å². The summed E-state index contributed by atoms with van der Waals surface area (Å²) >= 11 is 1.93. The smallest absolute Gasteiger partial charge is 0.270 e. The van der Waals surface area contributed by atoms with Crippen LogP contribution in [0.25, 0.3) is 0 Å². The van der Waals surface area contributed by atoms with Gasteiger partial charge in [-0.2, -0.15) is 23.5 Å². The van der Waals surface area contributed by atoms with E-state index in [2.05, 4.69) is 5.10 Å². The summed E-state index contributed by atoms with van der Waals surface area (Å²) in [6.45, 7) is -0.455. The van der Waals surface area contributed by atoms with Crippen molar-refractivity contribution in [1.29, 1.82) is 5.26 Å². The lowest BCUT2D eigenvalue weighted by Crippen LogP contribution is -2.26. The Hall–Kier alpha value is -0.780. The first kappa shape index (κ1) is 11.3. The van der Waals surface area contributed by atoms with E-state index < -0.39 is 18.6 Å². The normalized spacial score (nSPS) is 13.6. The van der Waals surface area contributed by atoms with Crippen LogP contribution < -0.4 is 0 Å². The first-order valence-corrected chi connectivity index (χ1v) is 4.65. The van der Waals surface area contributed by atoms with Gasteiger partial charge in [-0.15, -0.1) is 0 Å². The molecule has 0 saturated heterocycles. The van der Waals surface area contributed by atoms with Crippen LogP contribution in [0.15, 0.2) is 12.4 Å². The molecule has 0 fully saturated rings. The van der Waals surface area contributed by atoms with Crippen LogP contribution in [0.5, 0.6) is 0 Å². The zero-order valence-corrected chi connectivity index (χ0v) is 8.95. The van der Waals surface area contributed by atoms with Crippen molar-refractivity contribution >= 4 is 22.6 Å². The Morgan fingerprint density at radius 2 is 2.29 bits per heavy atom. The molecule has 1 rings (SSSR count). The molecule has 0 aliphatic heterocycles. The third-order valence-corrected chi connectivity index (χ3v) is 2.08. The highest BCUT2D eigenvalue weighted by Gasteiger charge is 2.40. The minimum absolute atomic E-state index is 0.455. The fraction of sp³-hybridized carbons (Fsp3) is 0.429. The molecule has 0 spiro atoms. The molecule has 1 heterocycles. The van der Waals surface area contributed by atoms with Crippen LogP contribution >= 0.6 is 22.6 Å². The molecule has 0 saturated carbocycles. The summed E-state index contributed by atoms with van der Waals surface area (Å²) in [5.74, 6) is -2.00. The maximum Gasteiger partial charge on any atom is 0.406 e. The topological polar surface area (TPSA) is 41.6 Å². The van der Waals surface area contributed by atoms with Gasteiger partial charge in [0, 0.05) is 6.20 Å². The van der Waals surface area contributed by atoms with Crippen molar-refractivity contribution in [3.63, 3.8) is 0 Å². The van der Waals surface area contributed by atoms with E-state index in [1.165, 1.54) is 18.5 Å². The second-order valence-electron chi connectivity index (χ2n) is 2.60. The highest BCUT2D eigenvalue weighted by molar-refractivity contribution is 14.1. The zero-order valence-electron chi connectivity index (χ0n) is 6.79. The SMILES string of the molecule is N#CC(Cn1cc(I)cn1)C(F)(F)F. The van der Waals surface area contributed by atoms with Crippen molar-refractivity contribution in [2.75, 3.05) is 0 Å². The van der Waals surface area contributed by atoms with E-state index in [1.807, 2.05) is 22.6 Å². The summed E-state index contributed by atoms with van der Waals surface area (Å²) in [5, 5.41) is 12.0. The second-order valence-corrected chi connectivity index (χ2v) is 3.85. The van der Waals surface area contributed by atoms with E-state index >= 15 is 0 Å². The van der Waals surface area contributed by atoms with Gasteiger partial charge in [0.2, 0.25) is 0 Å². The van der Waals surface area contributed by atoms with Crippen LogP contribution in [-0.4, -0.2) is 16.0 Å². The Balaban J connectivity index is 2.73. The van der Waals surface area contributed by atoms with Gasteiger partial charge < -0.3 is 0 Å². The molecule has 0 aromatic carbocycles. The molecule has 1 unspecified atom stereocenters. The van der Waals surface area contributed by atoms with Crippen molar-refractivity contribution in [3.05, 3.63) is 16.0 Å². The minimum Gasteiger partial charge on any atom is -0.270 e. The maximum atomic E-state index is 12.1. The zero-order chi connectivity index (χ0) is 10.8. The van der Waals surface area contributed by atoms with Gasteiger partial charge in [0.1, 0.15) is 0 Å². The third kappa shape index (κ3) is 2.87. The average molecular weight is 315 g/mol. The van der Waals surface area contributed by atoms with Gasteiger partial charge >= 0.3 is 6.18 Å². The minimum atomic E-state index is -4.49. The number of hydrogen-bond acceptors (Lipinski definition) is 2. The predicted molar refractivity (Wildman–Crippen MR) is 50.1 cm³/mol. The molecule has 0 aliphatic carbocycles. The Morgan fingerprint density at radius 3 is 2.64 bits per heavy atom. The lowest BCUT2D eigenvalue weighted by atomic mass is 10.1. The van der Waals surface area contributed by atoms with Gasteiger partial charge in [0.15, 0.2) is 5.92 Å². The van der Waals surface area contributed by atoms with Crippen LogP contribution in [0.3, 0.4) is 0 Å². The molecule has 1 aromatic rings. The highest BCUT2D eigenvalue weighted by atomic mass is 127. The first-order chi connectivity index (χ1) is 6.43. The van der Waals surface area contributed by atoms with Crippen LogP contribution in [0, 0.1) is 20.8 Å². The third-order valence-electron chi connectivity index (χ3n) is 1.52. The number of halogens is 4. The Labute approximate surface area is 91.6 Å². The van der Waals surface area contributed by atoms with E-state index in [-0.39, 0.29) is 0 Å². The van der Waals surface area contributed by atoms with E-state index in [1.54, 1.807) is 0 Å². The lowest BCUT2D eigenvalue weighted by molar-refractivity contribution is -0.162. The molecular formula is C7H5F3IN3. The summed E-state index contributed by atoms with van der Waals surface area (Å²) in [4.78, 5) is 0. The summed E-state index contributed by atoms with van der Waals surface area (Å²) in [5.41, 5.74) is 0. The van der Waals surface area contributed by atoms with Crippen molar-refractivity contribution in [2.45, 2.75) is 12.7 Å². The average Bonchev–Trinajstić information content (AvgIpc) is 2.45. The molecule has 7 heteroatoms. The Kier molecular flexibility index (Phi) is 3.36. The molecule has 0 bridgehead atoms. The number of rotatable bonds is 2. The molecule has 0 aliphatic rings. The van der Waals surface area contributed by atoms with Crippen LogP contribution in [0.2, 0.25) is 0 Å². The summed E-state index contributed by atoms with van der Waals surface area (Å²) in [6.07, 6.45) is -1.60. The van der Waals surface area contributed by atoms with E-state index in [9.17, 15) is 13.2 Å². The molecule has 76 valence electrons. The Bertz CT molecular complexity index is 352. The standard InChI is InChI=1S/C7H5F3IN3/c8-7(9,10)5(1-12)3-14-4-6(11)2-13-14/h2,4-5H,3H2. The monoisotopic (exact) mass is 315 g/mol. The summed E-state index contributed by atoms with van der Waals surface area (Å²) < 4.78 is 38.3. The van der Waals surface area contributed by atoms with E-state index in [4.69, 9.17) is 5.26 Å². The molecular weight excluding hydrogens is 310 g/mol. The number of alkyl halides is 3. The van der Waals surface area contributed by atoms with E-state index in [0.29, 0.717) is 0 Å². The number of nitriles is 1. The van der Waals surface area contributed by atoms with Crippen LogP contribution in [0.1, 0.15) is 0 Å². The summed E-state index contributed by atoms with van der Waals surface area (Å²) in [7, 11) is 0. The highest BCUT2D eigenvalue weighted by Crippen LogP contribution is 2.26. The molecule has 0 N–H and O–H groups in total. The predicted octanol–water partition coefficient (Wildman–Crippen LogP) is 2.19. The quantitative estimate of drug-likeness (QED) is 0.785. The van der Waals surface area contributed by atoms with Crippen LogP contribution in [0.4, 0.5) is 13.2 Å². The number of hydrogen-bond donors (Lipinski definition) is 0. The van der Waals surface area contributed by atoms with Gasteiger partial charge in [0.25, 0.3) is 0 Å². The molecule has 14 heavy (non-hydrogen) atoms. The van der Waals surface area contributed by atoms with Gasteiger partial charge in [-0.05, 0) is 22.6 Å². The molecule has 1 atom stereocenters. The molecule has 0 amide bonds. The van der Waals surface area contributed by atoms with Gasteiger partial charge in [-0.1, -0.05) is 0 Å². The van der Waals surface area contributed by atoms with Gasteiger partial charge in [0.05, 0.1) is 22.4 Å². The Morgan fingerprint density at radius 1 is 1.64 bits per heavy atom. The first-order valence-electron chi connectivity index (χ1n) is 3.58. The fourth-order valence-electron chi connectivity index (χ4n) is 0.843.